The van der Waals surface area contributed by atoms with Crippen molar-refractivity contribution in [3.8, 4) is 0 Å². The zero-order valence-electron chi connectivity index (χ0n) is 12.2. The van der Waals surface area contributed by atoms with E-state index in [4.69, 9.17) is 0 Å². The van der Waals surface area contributed by atoms with E-state index in [1.165, 1.54) is 5.56 Å². The fraction of sp³-hybridized carbons (Fsp3) is 0.467. The largest absolute Gasteiger partial charge is 0.314 e. The average Bonchev–Trinajstić information content (AvgIpc) is 2.80. The number of aryl methyl sites for hydroxylation is 1. The van der Waals surface area contributed by atoms with E-state index in [0.29, 0.717) is 11.2 Å². The Morgan fingerprint density at radius 1 is 1.48 bits per heavy atom. The molecule has 0 spiro atoms. The van der Waals surface area contributed by atoms with Crippen LogP contribution >= 0.6 is 23.7 Å². The molecule has 1 aromatic heterocycles. The van der Waals surface area contributed by atoms with Crippen molar-refractivity contribution >= 4 is 45.0 Å². The van der Waals surface area contributed by atoms with Crippen LogP contribution in [0.15, 0.2) is 18.2 Å². The maximum atomic E-state index is 12.3. The van der Waals surface area contributed by atoms with Crippen LogP contribution < -0.4 is 10.6 Å². The predicted octanol–water partition coefficient (Wildman–Crippen LogP) is 3.35. The number of carbonyl (C=O) groups excluding carboxylic acids is 1. The molecule has 0 aliphatic carbocycles. The van der Waals surface area contributed by atoms with Gasteiger partial charge in [0.25, 0.3) is 0 Å². The van der Waals surface area contributed by atoms with E-state index in [-0.39, 0.29) is 24.2 Å². The highest BCUT2D eigenvalue weighted by molar-refractivity contribution is 7.22. The van der Waals surface area contributed by atoms with Gasteiger partial charge in [-0.1, -0.05) is 17.4 Å². The maximum absolute atomic E-state index is 12.3. The van der Waals surface area contributed by atoms with Gasteiger partial charge < -0.3 is 10.6 Å². The minimum Gasteiger partial charge on any atom is -0.314 e. The number of fused-ring (bicyclic) bond motifs is 1. The minimum atomic E-state index is 0. The Morgan fingerprint density at radius 3 is 3.05 bits per heavy atom. The quantitative estimate of drug-likeness (QED) is 0.890. The molecule has 4 nitrogen and oxygen atoms in total. The summed E-state index contributed by atoms with van der Waals surface area (Å²) in [6.45, 7) is 5.10. The van der Waals surface area contributed by atoms with Crippen molar-refractivity contribution < 1.29 is 4.79 Å². The molecule has 0 radical (unpaired) electrons. The second-order valence-corrected chi connectivity index (χ2v) is 6.59. The smallest absolute Gasteiger partial charge is 0.229 e. The molecule has 2 atom stereocenters. The third kappa shape index (κ3) is 3.73. The van der Waals surface area contributed by atoms with Crippen LogP contribution in [0.25, 0.3) is 10.2 Å². The third-order valence-corrected chi connectivity index (χ3v) is 4.70. The molecule has 6 heteroatoms. The molecule has 2 heterocycles. The van der Waals surface area contributed by atoms with Gasteiger partial charge in [0.2, 0.25) is 5.91 Å². The van der Waals surface area contributed by atoms with Crippen LogP contribution in [0.5, 0.6) is 0 Å². The molecule has 2 aromatic rings. The van der Waals surface area contributed by atoms with Crippen molar-refractivity contribution in [3.63, 3.8) is 0 Å². The Kier molecular flexibility index (Phi) is 5.19. The van der Waals surface area contributed by atoms with Crippen LogP contribution in [0.4, 0.5) is 5.13 Å². The average molecular weight is 326 g/mol. The number of benzene rings is 1. The number of anilines is 1. The van der Waals surface area contributed by atoms with E-state index in [1.807, 2.05) is 12.1 Å². The van der Waals surface area contributed by atoms with Gasteiger partial charge >= 0.3 is 0 Å². The van der Waals surface area contributed by atoms with Gasteiger partial charge in [0.05, 0.1) is 10.2 Å². The molecule has 0 saturated carbocycles. The molecule has 1 amide bonds. The molecule has 3 rings (SSSR count). The number of hydrogen-bond donors (Lipinski definition) is 2. The Bertz CT molecular complexity index is 643. The Balaban J connectivity index is 0.00000161. The summed E-state index contributed by atoms with van der Waals surface area (Å²) < 4.78 is 1.12. The van der Waals surface area contributed by atoms with Crippen molar-refractivity contribution in [3.05, 3.63) is 23.8 Å². The summed E-state index contributed by atoms with van der Waals surface area (Å²) in [5.74, 6) is 0.203. The summed E-state index contributed by atoms with van der Waals surface area (Å²) in [7, 11) is 0. The highest BCUT2D eigenvalue weighted by Gasteiger charge is 2.25. The van der Waals surface area contributed by atoms with Gasteiger partial charge in [-0.25, -0.2) is 4.98 Å². The van der Waals surface area contributed by atoms with Gasteiger partial charge in [0.1, 0.15) is 0 Å². The molecular formula is C15H20ClN3OS. The number of nitrogens with one attached hydrogen (secondary N) is 2. The number of rotatable bonds is 2. The van der Waals surface area contributed by atoms with E-state index in [2.05, 4.69) is 35.5 Å². The topological polar surface area (TPSA) is 54.0 Å². The standard InChI is InChI=1S/C15H19N3OS.ClH/c1-9-3-4-12-13(7-9)20-15(17-12)18-14(19)11-5-6-16-10(2)8-11;/h3-4,7,10-11,16H,5-6,8H2,1-2H3,(H,17,18,19);1H/t10-,11-;/m0./s1. The molecule has 114 valence electrons. The Hall–Kier alpha value is -1.17. The zero-order chi connectivity index (χ0) is 14.1. The fourth-order valence-electron chi connectivity index (χ4n) is 2.66. The van der Waals surface area contributed by atoms with Gasteiger partial charge in [0.15, 0.2) is 5.13 Å². The first-order valence-electron chi connectivity index (χ1n) is 7.03. The molecule has 0 unspecified atom stereocenters. The van der Waals surface area contributed by atoms with E-state index < -0.39 is 0 Å². The number of nitrogens with zero attached hydrogens (tertiary/aromatic N) is 1. The first kappa shape index (κ1) is 16.2. The summed E-state index contributed by atoms with van der Waals surface area (Å²) in [6.07, 6.45) is 1.80. The Labute approximate surface area is 134 Å². The molecule has 1 aromatic carbocycles. The number of carbonyl (C=O) groups is 1. The predicted molar refractivity (Wildman–Crippen MR) is 90.4 cm³/mol. The van der Waals surface area contributed by atoms with E-state index >= 15 is 0 Å². The first-order chi connectivity index (χ1) is 9.61. The minimum absolute atomic E-state index is 0. The lowest BCUT2D eigenvalue weighted by Gasteiger charge is -2.26. The monoisotopic (exact) mass is 325 g/mol. The molecule has 21 heavy (non-hydrogen) atoms. The SMILES string of the molecule is Cc1ccc2nc(NC(=O)[C@H]3CCN[C@@H](C)C3)sc2c1.Cl. The summed E-state index contributed by atoms with van der Waals surface area (Å²) in [4.78, 5) is 16.8. The molecule has 1 aliphatic rings. The number of halogens is 1. The fourth-order valence-corrected chi connectivity index (χ4v) is 3.63. The van der Waals surface area contributed by atoms with Gasteiger partial charge in [0, 0.05) is 12.0 Å². The van der Waals surface area contributed by atoms with Gasteiger partial charge in [-0.05, 0) is 50.9 Å². The van der Waals surface area contributed by atoms with Crippen molar-refractivity contribution in [2.45, 2.75) is 32.7 Å². The summed E-state index contributed by atoms with van der Waals surface area (Å²) in [5, 5.41) is 7.06. The molecule has 1 fully saturated rings. The van der Waals surface area contributed by atoms with Crippen molar-refractivity contribution in [1.29, 1.82) is 0 Å². The first-order valence-corrected chi connectivity index (χ1v) is 7.85. The van der Waals surface area contributed by atoms with Crippen LogP contribution in [0.2, 0.25) is 0 Å². The molecule has 1 aliphatic heterocycles. The lowest BCUT2D eigenvalue weighted by atomic mass is 9.93. The van der Waals surface area contributed by atoms with E-state index in [0.717, 1.165) is 29.6 Å². The number of thiazole rings is 1. The second-order valence-electron chi connectivity index (χ2n) is 5.56. The third-order valence-electron chi connectivity index (χ3n) is 3.77. The summed E-state index contributed by atoms with van der Waals surface area (Å²) >= 11 is 1.55. The van der Waals surface area contributed by atoms with Crippen LogP contribution in [0.3, 0.4) is 0 Å². The number of aromatic nitrogens is 1. The molecular weight excluding hydrogens is 306 g/mol. The van der Waals surface area contributed by atoms with Crippen LogP contribution in [-0.2, 0) is 4.79 Å². The summed E-state index contributed by atoms with van der Waals surface area (Å²) in [6, 6.07) is 6.57. The van der Waals surface area contributed by atoms with Crippen molar-refractivity contribution in [1.82, 2.24) is 10.3 Å². The molecule has 2 N–H and O–H groups in total. The number of amides is 1. The van der Waals surface area contributed by atoms with Crippen molar-refractivity contribution in [2.75, 3.05) is 11.9 Å². The van der Waals surface area contributed by atoms with Crippen LogP contribution in [-0.4, -0.2) is 23.5 Å². The second kappa shape index (κ2) is 6.73. The number of hydrogen-bond acceptors (Lipinski definition) is 4. The number of piperidine rings is 1. The van der Waals surface area contributed by atoms with Crippen LogP contribution in [0.1, 0.15) is 25.3 Å². The zero-order valence-corrected chi connectivity index (χ0v) is 13.8. The van der Waals surface area contributed by atoms with Gasteiger partial charge in [-0.15, -0.1) is 12.4 Å². The molecule has 0 bridgehead atoms. The van der Waals surface area contributed by atoms with Gasteiger partial charge in [-0.3, -0.25) is 4.79 Å². The van der Waals surface area contributed by atoms with Crippen LogP contribution in [0, 0.1) is 12.8 Å². The van der Waals surface area contributed by atoms with Gasteiger partial charge in [-0.2, -0.15) is 0 Å². The van der Waals surface area contributed by atoms with E-state index in [9.17, 15) is 4.79 Å². The van der Waals surface area contributed by atoms with E-state index in [1.54, 1.807) is 11.3 Å². The summed E-state index contributed by atoms with van der Waals surface area (Å²) in [5.41, 5.74) is 2.17. The molecule has 1 saturated heterocycles. The Morgan fingerprint density at radius 2 is 2.29 bits per heavy atom. The lowest BCUT2D eigenvalue weighted by Crippen LogP contribution is -2.40. The lowest BCUT2D eigenvalue weighted by molar-refractivity contribution is -0.120. The highest BCUT2D eigenvalue weighted by atomic mass is 35.5. The maximum Gasteiger partial charge on any atom is 0.229 e. The normalized spacial score (nSPS) is 21.8. The highest BCUT2D eigenvalue weighted by Crippen LogP contribution is 2.27. The van der Waals surface area contributed by atoms with Crippen molar-refractivity contribution in [2.24, 2.45) is 5.92 Å².